The van der Waals surface area contributed by atoms with Crippen molar-refractivity contribution in [3.8, 4) is 22.5 Å². The fourth-order valence-electron chi connectivity index (χ4n) is 5.00. The number of alkyl halides is 3. The van der Waals surface area contributed by atoms with E-state index < -0.39 is 41.0 Å². The van der Waals surface area contributed by atoms with Gasteiger partial charge in [0.05, 0.1) is 28.7 Å². The van der Waals surface area contributed by atoms with Crippen molar-refractivity contribution in [1.82, 2.24) is 19.4 Å². The molecule has 1 aliphatic rings. The summed E-state index contributed by atoms with van der Waals surface area (Å²) < 4.78 is 91.1. The van der Waals surface area contributed by atoms with E-state index in [0.717, 1.165) is 23.8 Å². The number of pyridine rings is 1. The zero-order valence-corrected chi connectivity index (χ0v) is 21.8. The lowest BCUT2D eigenvalue weighted by Gasteiger charge is -2.31. The van der Waals surface area contributed by atoms with Gasteiger partial charge in [0.15, 0.2) is 11.6 Å². The standard InChI is InChI=1S/C29H24F6N4O2/c1-38-25(22-21(30)15-36-26(32)23(22)31)24(19-8-5-9-20(14-19)29(33,34)35)37-27(38)18-10-12-39(13-11-18)28(40)41-16-17-6-3-2-4-7-17/h2-9,14-15,18H,10-13,16H2,1H3. The molecule has 0 N–H and O–H groups in total. The van der Waals surface area contributed by atoms with Crippen LogP contribution in [0.1, 0.15) is 35.7 Å². The molecule has 0 atom stereocenters. The molecule has 1 aliphatic heterocycles. The number of aromatic nitrogens is 3. The first-order valence-corrected chi connectivity index (χ1v) is 12.7. The number of piperidine rings is 1. The predicted octanol–water partition coefficient (Wildman–Crippen LogP) is 7.10. The Kier molecular flexibility index (Phi) is 7.74. The summed E-state index contributed by atoms with van der Waals surface area (Å²) in [7, 11) is 1.46. The highest BCUT2D eigenvalue weighted by Crippen LogP contribution is 2.40. The molecule has 0 radical (unpaired) electrons. The monoisotopic (exact) mass is 574 g/mol. The minimum absolute atomic E-state index is 0.0466. The van der Waals surface area contributed by atoms with Gasteiger partial charge in [0.1, 0.15) is 12.4 Å². The molecule has 214 valence electrons. The first-order valence-electron chi connectivity index (χ1n) is 12.7. The number of likely N-dealkylation sites (tertiary alicyclic amines) is 1. The third-order valence-electron chi connectivity index (χ3n) is 7.08. The van der Waals surface area contributed by atoms with Crippen molar-refractivity contribution in [3.05, 3.63) is 95.3 Å². The maximum absolute atomic E-state index is 14.9. The van der Waals surface area contributed by atoms with Crippen molar-refractivity contribution in [1.29, 1.82) is 0 Å². The second kappa shape index (κ2) is 11.3. The summed E-state index contributed by atoms with van der Waals surface area (Å²) in [6.07, 6.45) is -3.84. The van der Waals surface area contributed by atoms with Crippen molar-refractivity contribution in [2.45, 2.75) is 31.5 Å². The zero-order valence-electron chi connectivity index (χ0n) is 21.8. The first-order chi connectivity index (χ1) is 19.5. The second-order valence-electron chi connectivity index (χ2n) is 9.69. The van der Waals surface area contributed by atoms with E-state index in [1.54, 1.807) is 0 Å². The Labute approximate surface area is 231 Å². The van der Waals surface area contributed by atoms with E-state index in [1.807, 2.05) is 30.3 Å². The lowest BCUT2D eigenvalue weighted by molar-refractivity contribution is -0.137. The van der Waals surface area contributed by atoms with Gasteiger partial charge in [0, 0.05) is 31.6 Å². The molecule has 0 saturated carbocycles. The SMILES string of the molecule is Cn1c(C2CCN(C(=O)OCc3ccccc3)CC2)nc(-c2cccc(C(F)(F)F)c2)c1-c1c(F)cnc(F)c1F. The Morgan fingerprint density at radius 2 is 1.73 bits per heavy atom. The normalized spacial score (nSPS) is 14.4. The Bertz CT molecular complexity index is 1560. The maximum Gasteiger partial charge on any atom is 0.416 e. The van der Waals surface area contributed by atoms with Crippen LogP contribution in [-0.2, 0) is 24.6 Å². The molecule has 1 amide bonds. The average Bonchev–Trinajstić information content (AvgIpc) is 3.30. The fraction of sp³-hybridized carbons (Fsp3) is 0.276. The summed E-state index contributed by atoms with van der Waals surface area (Å²) in [5.74, 6) is -4.30. The number of carbonyl (C=O) groups excluding carboxylic acids is 1. The number of hydrogen-bond acceptors (Lipinski definition) is 4. The highest BCUT2D eigenvalue weighted by Gasteiger charge is 2.34. The van der Waals surface area contributed by atoms with Gasteiger partial charge in [-0.05, 0) is 30.5 Å². The van der Waals surface area contributed by atoms with E-state index in [2.05, 4.69) is 9.97 Å². The average molecular weight is 575 g/mol. The van der Waals surface area contributed by atoms with Crippen LogP contribution in [0.5, 0.6) is 0 Å². The number of ether oxygens (including phenoxy) is 1. The van der Waals surface area contributed by atoms with E-state index in [-0.39, 0.29) is 29.5 Å². The Morgan fingerprint density at radius 3 is 2.41 bits per heavy atom. The molecule has 2 aromatic carbocycles. The number of carbonyl (C=O) groups is 1. The minimum Gasteiger partial charge on any atom is -0.445 e. The molecule has 12 heteroatoms. The quantitative estimate of drug-likeness (QED) is 0.189. The number of nitrogens with zero attached hydrogens (tertiary/aromatic N) is 4. The number of imidazole rings is 1. The summed E-state index contributed by atoms with van der Waals surface area (Å²) in [6.45, 7) is 0.709. The molecule has 0 bridgehead atoms. The van der Waals surface area contributed by atoms with E-state index in [4.69, 9.17) is 4.74 Å². The summed E-state index contributed by atoms with van der Waals surface area (Å²) in [5, 5.41) is 0. The van der Waals surface area contributed by atoms with E-state index in [0.29, 0.717) is 38.0 Å². The van der Waals surface area contributed by atoms with Crippen LogP contribution in [0.4, 0.5) is 31.1 Å². The highest BCUT2D eigenvalue weighted by molar-refractivity contribution is 5.80. The van der Waals surface area contributed by atoms with Gasteiger partial charge in [-0.3, -0.25) is 0 Å². The molecular weight excluding hydrogens is 550 g/mol. The molecule has 0 unspecified atom stereocenters. The molecular formula is C29H24F6N4O2. The number of rotatable bonds is 5. The highest BCUT2D eigenvalue weighted by atomic mass is 19.4. The van der Waals surface area contributed by atoms with Crippen LogP contribution in [0.2, 0.25) is 0 Å². The Morgan fingerprint density at radius 1 is 1.02 bits per heavy atom. The van der Waals surface area contributed by atoms with E-state index >= 15 is 0 Å². The summed E-state index contributed by atoms with van der Waals surface area (Å²) in [4.78, 5) is 21.7. The molecule has 2 aromatic heterocycles. The van der Waals surface area contributed by atoms with Crippen molar-refractivity contribution >= 4 is 6.09 Å². The molecule has 0 aliphatic carbocycles. The smallest absolute Gasteiger partial charge is 0.416 e. The summed E-state index contributed by atoms with van der Waals surface area (Å²) >= 11 is 0. The largest absolute Gasteiger partial charge is 0.445 e. The number of hydrogen-bond donors (Lipinski definition) is 0. The third kappa shape index (κ3) is 5.77. The maximum atomic E-state index is 14.9. The lowest BCUT2D eigenvalue weighted by Crippen LogP contribution is -2.38. The van der Waals surface area contributed by atoms with Crippen molar-refractivity contribution in [3.63, 3.8) is 0 Å². The van der Waals surface area contributed by atoms with Gasteiger partial charge < -0.3 is 14.2 Å². The molecule has 6 nitrogen and oxygen atoms in total. The molecule has 1 fully saturated rings. The number of amides is 1. The van der Waals surface area contributed by atoms with Gasteiger partial charge in [-0.15, -0.1) is 0 Å². The van der Waals surface area contributed by atoms with Crippen molar-refractivity contribution in [2.75, 3.05) is 13.1 Å². The van der Waals surface area contributed by atoms with E-state index in [1.165, 1.54) is 22.6 Å². The molecule has 3 heterocycles. The van der Waals surface area contributed by atoms with Gasteiger partial charge in [0.25, 0.3) is 0 Å². The van der Waals surface area contributed by atoms with Gasteiger partial charge in [-0.25, -0.2) is 23.5 Å². The molecule has 5 rings (SSSR count). The van der Waals surface area contributed by atoms with Crippen LogP contribution in [0.15, 0.2) is 60.8 Å². The lowest BCUT2D eigenvalue weighted by atomic mass is 9.96. The number of benzene rings is 2. The molecule has 1 saturated heterocycles. The predicted molar refractivity (Wildman–Crippen MR) is 137 cm³/mol. The Hall–Kier alpha value is -4.35. The molecule has 0 spiro atoms. The van der Waals surface area contributed by atoms with Crippen molar-refractivity contribution in [2.24, 2.45) is 7.05 Å². The van der Waals surface area contributed by atoms with Crippen LogP contribution < -0.4 is 0 Å². The Balaban J connectivity index is 1.46. The van der Waals surface area contributed by atoms with Gasteiger partial charge in [-0.1, -0.05) is 42.5 Å². The van der Waals surface area contributed by atoms with Crippen molar-refractivity contribution < 1.29 is 35.9 Å². The van der Waals surface area contributed by atoms with Crippen LogP contribution in [0.3, 0.4) is 0 Å². The van der Waals surface area contributed by atoms with E-state index in [9.17, 15) is 31.1 Å². The molecule has 4 aromatic rings. The zero-order chi connectivity index (χ0) is 29.3. The van der Waals surface area contributed by atoms with Gasteiger partial charge in [0.2, 0.25) is 5.95 Å². The fourth-order valence-corrected chi connectivity index (χ4v) is 5.00. The van der Waals surface area contributed by atoms with Gasteiger partial charge in [-0.2, -0.15) is 17.6 Å². The summed E-state index contributed by atoms with van der Waals surface area (Å²) in [6, 6.07) is 13.4. The van der Waals surface area contributed by atoms with Gasteiger partial charge >= 0.3 is 12.3 Å². The minimum atomic E-state index is -4.67. The number of halogens is 6. The van der Waals surface area contributed by atoms with Crippen LogP contribution in [0, 0.1) is 17.6 Å². The first kappa shape index (κ1) is 28.2. The van der Waals surface area contributed by atoms with Crippen LogP contribution in [0.25, 0.3) is 22.5 Å². The molecule has 41 heavy (non-hydrogen) atoms. The topological polar surface area (TPSA) is 60.2 Å². The van der Waals surface area contributed by atoms with Crippen LogP contribution >= 0.6 is 0 Å². The van der Waals surface area contributed by atoms with Crippen LogP contribution in [-0.4, -0.2) is 38.6 Å². The third-order valence-corrected chi connectivity index (χ3v) is 7.08. The summed E-state index contributed by atoms with van der Waals surface area (Å²) in [5.41, 5.74) is -1.33. The second-order valence-corrected chi connectivity index (χ2v) is 9.69.